The first kappa shape index (κ1) is 8.58. The van der Waals surface area contributed by atoms with Crippen LogP contribution in [0.1, 0.15) is 19.3 Å². The van der Waals surface area contributed by atoms with Crippen molar-refractivity contribution in [2.45, 2.75) is 31.3 Å². The molecule has 0 saturated carbocycles. The van der Waals surface area contributed by atoms with Crippen molar-refractivity contribution in [1.82, 2.24) is 10.2 Å². The van der Waals surface area contributed by atoms with E-state index in [4.69, 9.17) is 6.42 Å². The molecule has 3 heteroatoms. The standard InChI is InChI=1S/C10H14N2O/c1-2-5-11-8-7-10(13)12-6-3-4-9(8)12/h1,8-9,11H,3-7H2. The highest BCUT2D eigenvalue weighted by molar-refractivity contribution is 5.80. The van der Waals surface area contributed by atoms with Crippen LogP contribution >= 0.6 is 0 Å². The molecule has 2 fully saturated rings. The number of carbonyl (C=O) groups is 1. The van der Waals surface area contributed by atoms with E-state index in [1.807, 2.05) is 4.90 Å². The van der Waals surface area contributed by atoms with Gasteiger partial charge < -0.3 is 10.2 Å². The van der Waals surface area contributed by atoms with Crippen LogP contribution in [-0.2, 0) is 4.79 Å². The predicted molar refractivity (Wildman–Crippen MR) is 50.0 cm³/mol. The van der Waals surface area contributed by atoms with Gasteiger partial charge in [0, 0.05) is 25.0 Å². The second kappa shape index (κ2) is 3.39. The van der Waals surface area contributed by atoms with Crippen molar-refractivity contribution < 1.29 is 4.79 Å². The molecule has 0 aliphatic carbocycles. The molecular weight excluding hydrogens is 164 g/mol. The lowest BCUT2D eigenvalue weighted by Crippen LogP contribution is -2.39. The van der Waals surface area contributed by atoms with Crippen molar-refractivity contribution in [3.05, 3.63) is 0 Å². The van der Waals surface area contributed by atoms with Crippen LogP contribution in [0.5, 0.6) is 0 Å². The molecule has 0 spiro atoms. The van der Waals surface area contributed by atoms with Crippen LogP contribution in [0.2, 0.25) is 0 Å². The number of terminal acetylenes is 1. The van der Waals surface area contributed by atoms with Gasteiger partial charge in [-0.25, -0.2) is 0 Å². The van der Waals surface area contributed by atoms with E-state index in [9.17, 15) is 4.79 Å². The molecule has 2 atom stereocenters. The number of hydrogen-bond acceptors (Lipinski definition) is 2. The monoisotopic (exact) mass is 178 g/mol. The Morgan fingerprint density at radius 3 is 3.31 bits per heavy atom. The van der Waals surface area contributed by atoms with Gasteiger partial charge in [-0.15, -0.1) is 6.42 Å². The molecule has 2 aliphatic rings. The third-order valence-electron chi connectivity index (χ3n) is 2.94. The molecule has 0 aromatic carbocycles. The highest BCUT2D eigenvalue weighted by atomic mass is 16.2. The van der Waals surface area contributed by atoms with E-state index in [0.29, 0.717) is 25.0 Å². The Morgan fingerprint density at radius 1 is 1.69 bits per heavy atom. The maximum absolute atomic E-state index is 11.5. The number of fused-ring (bicyclic) bond motifs is 1. The molecule has 2 heterocycles. The first-order valence-corrected chi connectivity index (χ1v) is 4.79. The highest BCUT2D eigenvalue weighted by Crippen LogP contribution is 2.28. The molecule has 0 aromatic heterocycles. The largest absolute Gasteiger partial charge is 0.338 e. The fourth-order valence-corrected chi connectivity index (χ4v) is 2.36. The van der Waals surface area contributed by atoms with Gasteiger partial charge in [-0.05, 0) is 12.8 Å². The van der Waals surface area contributed by atoms with Crippen LogP contribution in [0.15, 0.2) is 0 Å². The summed E-state index contributed by atoms with van der Waals surface area (Å²) in [5.74, 6) is 2.84. The summed E-state index contributed by atoms with van der Waals surface area (Å²) in [4.78, 5) is 13.5. The Bertz CT molecular complexity index is 256. The summed E-state index contributed by atoms with van der Waals surface area (Å²) >= 11 is 0. The summed E-state index contributed by atoms with van der Waals surface area (Å²) in [6.07, 6.45) is 8.08. The second-order valence-corrected chi connectivity index (χ2v) is 3.69. The van der Waals surface area contributed by atoms with Crippen molar-refractivity contribution in [1.29, 1.82) is 0 Å². The van der Waals surface area contributed by atoms with Crippen molar-refractivity contribution in [3.8, 4) is 12.3 Å². The lowest BCUT2D eigenvalue weighted by Gasteiger charge is -2.19. The molecular formula is C10H14N2O. The third-order valence-corrected chi connectivity index (χ3v) is 2.94. The molecule has 1 amide bonds. The average molecular weight is 178 g/mol. The first-order chi connectivity index (χ1) is 6.33. The van der Waals surface area contributed by atoms with E-state index >= 15 is 0 Å². The van der Waals surface area contributed by atoms with Gasteiger partial charge in [-0.1, -0.05) is 5.92 Å². The van der Waals surface area contributed by atoms with Crippen LogP contribution in [-0.4, -0.2) is 36.0 Å². The van der Waals surface area contributed by atoms with Crippen LogP contribution in [0, 0.1) is 12.3 Å². The third kappa shape index (κ3) is 1.42. The van der Waals surface area contributed by atoms with Gasteiger partial charge in [0.05, 0.1) is 6.54 Å². The highest BCUT2D eigenvalue weighted by Gasteiger charge is 2.41. The maximum atomic E-state index is 11.5. The second-order valence-electron chi connectivity index (χ2n) is 3.69. The molecule has 0 aromatic rings. The predicted octanol–water partition coefficient (Wildman–Crippen LogP) is -0.0275. The number of nitrogens with zero attached hydrogens (tertiary/aromatic N) is 1. The summed E-state index contributed by atoms with van der Waals surface area (Å²) in [6.45, 7) is 1.51. The van der Waals surface area contributed by atoms with Gasteiger partial charge in [0.25, 0.3) is 0 Å². The normalized spacial score (nSPS) is 31.9. The zero-order valence-electron chi connectivity index (χ0n) is 7.62. The van der Waals surface area contributed by atoms with Gasteiger partial charge in [0.15, 0.2) is 0 Å². The number of amides is 1. The van der Waals surface area contributed by atoms with E-state index < -0.39 is 0 Å². The van der Waals surface area contributed by atoms with Gasteiger partial charge in [0.2, 0.25) is 5.91 Å². The molecule has 2 unspecified atom stereocenters. The van der Waals surface area contributed by atoms with E-state index in [2.05, 4.69) is 11.2 Å². The lowest BCUT2D eigenvalue weighted by atomic mass is 10.1. The number of nitrogens with one attached hydrogen (secondary N) is 1. The van der Waals surface area contributed by atoms with Crippen molar-refractivity contribution in [3.63, 3.8) is 0 Å². The van der Waals surface area contributed by atoms with E-state index in [1.165, 1.54) is 0 Å². The summed E-state index contributed by atoms with van der Waals surface area (Å²) in [5, 5.41) is 3.23. The van der Waals surface area contributed by atoms with Crippen LogP contribution in [0.25, 0.3) is 0 Å². The molecule has 2 saturated heterocycles. The van der Waals surface area contributed by atoms with Crippen molar-refractivity contribution >= 4 is 5.91 Å². The summed E-state index contributed by atoms with van der Waals surface area (Å²) in [6, 6.07) is 0.715. The molecule has 2 aliphatic heterocycles. The Labute approximate surface area is 78.5 Å². The lowest BCUT2D eigenvalue weighted by molar-refractivity contribution is -0.127. The van der Waals surface area contributed by atoms with Gasteiger partial charge in [-0.3, -0.25) is 4.79 Å². The molecule has 0 bridgehead atoms. The molecule has 70 valence electrons. The number of rotatable bonds is 2. The van der Waals surface area contributed by atoms with Gasteiger partial charge >= 0.3 is 0 Å². The molecule has 13 heavy (non-hydrogen) atoms. The molecule has 1 N–H and O–H groups in total. The Balaban J connectivity index is 1.99. The minimum absolute atomic E-state index is 0.289. The number of hydrogen-bond donors (Lipinski definition) is 1. The van der Waals surface area contributed by atoms with Crippen LogP contribution in [0.3, 0.4) is 0 Å². The molecule has 2 rings (SSSR count). The van der Waals surface area contributed by atoms with Crippen molar-refractivity contribution in [2.24, 2.45) is 0 Å². The smallest absolute Gasteiger partial charge is 0.224 e. The Kier molecular flexibility index (Phi) is 2.24. The molecule has 0 radical (unpaired) electrons. The Morgan fingerprint density at radius 2 is 2.54 bits per heavy atom. The summed E-state index contributed by atoms with van der Waals surface area (Å²) < 4.78 is 0. The zero-order chi connectivity index (χ0) is 9.26. The fourth-order valence-electron chi connectivity index (χ4n) is 2.36. The van der Waals surface area contributed by atoms with E-state index in [0.717, 1.165) is 19.4 Å². The fraction of sp³-hybridized carbons (Fsp3) is 0.700. The van der Waals surface area contributed by atoms with Crippen molar-refractivity contribution in [2.75, 3.05) is 13.1 Å². The quantitative estimate of drug-likeness (QED) is 0.602. The minimum atomic E-state index is 0.289. The summed E-state index contributed by atoms with van der Waals surface area (Å²) in [7, 11) is 0. The van der Waals surface area contributed by atoms with Crippen LogP contribution < -0.4 is 5.32 Å². The number of carbonyl (C=O) groups excluding carboxylic acids is 1. The Hall–Kier alpha value is -1.01. The van der Waals surface area contributed by atoms with E-state index in [-0.39, 0.29) is 5.91 Å². The minimum Gasteiger partial charge on any atom is -0.338 e. The van der Waals surface area contributed by atoms with Gasteiger partial charge in [-0.2, -0.15) is 0 Å². The maximum Gasteiger partial charge on any atom is 0.224 e. The van der Waals surface area contributed by atoms with E-state index in [1.54, 1.807) is 0 Å². The van der Waals surface area contributed by atoms with Crippen LogP contribution in [0.4, 0.5) is 0 Å². The topological polar surface area (TPSA) is 32.3 Å². The average Bonchev–Trinajstić information content (AvgIpc) is 2.67. The molecule has 3 nitrogen and oxygen atoms in total. The SMILES string of the molecule is C#CCNC1CC(=O)N2CCCC12. The van der Waals surface area contributed by atoms with Gasteiger partial charge in [0.1, 0.15) is 0 Å². The first-order valence-electron chi connectivity index (χ1n) is 4.79. The zero-order valence-corrected chi connectivity index (χ0v) is 7.62. The summed E-state index contributed by atoms with van der Waals surface area (Å²) in [5.41, 5.74) is 0.